The van der Waals surface area contributed by atoms with Crippen molar-refractivity contribution in [3.63, 3.8) is 0 Å². The average Bonchev–Trinajstić information content (AvgIpc) is 2.40. The molecule has 0 aliphatic heterocycles. The van der Waals surface area contributed by atoms with Crippen LogP contribution in [0.4, 0.5) is 0 Å². The van der Waals surface area contributed by atoms with Crippen molar-refractivity contribution < 1.29 is 4.74 Å². The van der Waals surface area contributed by atoms with E-state index in [9.17, 15) is 0 Å². The minimum atomic E-state index is -0.0722. The average molecular weight is 324 g/mol. The molecule has 0 radical (unpaired) electrons. The van der Waals surface area contributed by atoms with Crippen molar-refractivity contribution >= 4 is 23.2 Å². The minimum Gasteiger partial charge on any atom is -0.437 e. The number of hydrogen-bond acceptors (Lipinski definition) is 2. The van der Waals surface area contributed by atoms with Crippen molar-refractivity contribution in [1.82, 2.24) is 4.98 Å². The van der Waals surface area contributed by atoms with Crippen LogP contribution in [-0.2, 0) is 11.3 Å². The summed E-state index contributed by atoms with van der Waals surface area (Å²) in [7, 11) is 0. The molecule has 112 valence electrons. The van der Waals surface area contributed by atoms with E-state index in [2.05, 4.69) is 25.8 Å². The highest BCUT2D eigenvalue weighted by Crippen LogP contribution is 2.31. The van der Waals surface area contributed by atoms with E-state index in [1.54, 1.807) is 0 Å². The van der Waals surface area contributed by atoms with Crippen LogP contribution in [0.25, 0.3) is 0 Å². The van der Waals surface area contributed by atoms with Crippen LogP contribution in [0.2, 0.25) is 5.02 Å². The van der Waals surface area contributed by atoms with Crippen molar-refractivity contribution in [2.75, 3.05) is 0 Å². The molecule has 1 aromatic carbocycles. The Morgan fingerprint density at radius 1 is 1.14 bits per heavy atom. The van der Waals surface area contributed by atoms with Crippen LogP contribution in [0, 0.1) is 6.92 Å². The number of pyridine rings is 1. The van der Waals surface area contributed by atoms with Crippen LogP contribution in [-0.4, -0.2) is 4.98 Å². The molecular formula is C17H19Cl2NO. The van der Waals surface area contributed by atoms with Gasteiger partial charge in [0.25, 0.3) is 0 Å². The molecule has 1 heterocycles. The topological polar surface area (TPSA) is 22.1 Å². The Hall–Kier alpha value is -1.25. The third-order valence-electron chi connectivity index (χ3n) is 3.09. The van der Waals surface area contributed by atoms with E-state index in [4.69, 9.17) is 27.9 Å². The van der Waals surface area contributed by atoms with E-state index in [1.807, 2.05) is 37.3 Å². The maximum Gasteiger partial charge on any atom is 0.219 e. The maximum absolute atomic E-state index is 6.20. The zero-order valence-corrected chi connectivity index (χ0v) is 14.2. The number of alkyl halides is 1. The zero-order chi connectivity index (χ0) is 15.6. The van der Waals surface area contributed by atoms with E-state index in [-0.39, 0.29) is 5.41 Å². The highest BCUT2D eigenvalue weighted by molar-refractivity contribution is 6.32. The molecule has 0 saturated heterocycles. The molecule has 0 N–H and O–H groups in total. The summed E-state index contributed by atoms with van der Waals surface area (Å²) in [5.41, 5.74) is 2.94. The largest absolute Gasteiger partial charge is 0.437 e. The highest BCUT2D eigenvalue weighted by Gasteiger charge is 2.18. The second kappa shape index (κ2) is 6.25. The predicted octanol–water partition coefficient (Wildman–Crippen LogP) is 5.87. The zero-order valence-electron chi connectivity index (χ0n) is 12.7. The van der Waals surface area contributed by atoms with Gasteiger partial charge in [-0.2, -0.15) is 0 Å². The molecule has 21 heavy (non-hydrogen) atoms. The van der Waals surface area contributed by atoms with E-state index in [1.165, 1.54) is 0 Å². The Labute approximate surface area is 136 Å². The molecule has 0 atom stereocenters. The number of benzene rings is 1. The monoisotopic (exact) mass is 323 g/mol. The Kier molecular flexibility index (Phi) is 4.80. The lowest BCUT2D eigenvalue weighted by molar-refractivity contribution is 0.451. The van der Waals surface area contributed by atoms with Crippen molar-refractivity contribution in [3.8, 4) is 11.6 Å². The van der Waals surface area contributed by atoms with Crippen LogP contribution in [0.1, 0.15) is 37.6 Å². The first-order valence-electron chi connectivity index (χ1n) is 6.81. The molecule has 0 fully saturated rings. The lowest BCUT2D eigenvalue weighted by Crippen LogP contribution is -2.14. The quantitative estimate of drug-likeness (QED) is 0.659. The molecule has 0 aliphatic rings. The molecule has 2 aromatic rings. The Morgan fingerprint density at radius 3 is 2.43 bits per heavy atom. The fraction of sp³-hybridized carbons (Fsp3) is 0.353. The van der Waals surface area contributed by atoms with Crippen LogP contribution in [0.15, 0.2) is 30.3 Å². The Morgan fingerprint density at radius 2 is 1.86 bits per heavy atom. The van der Waals surface area contributed by atoms with Crippen LogP contribution < -0.4 is 4.74 Å². The van der Waals surface area contributed by atoms with Crippen LogP contribution in [0.3, 0.4) is 0 Å². The minimum absolute atomic E-state index is 0.0722. The van der Waals surface area contributed by atoms with E-state index in [0.717, 1.165) is 16.8 Å². The maximum atomic E-state index is 6.20. The number of ether oxygens (including phenoxy) is 1. The second-order valence-corrected chi connectivity index (χ2v) is 6.79. The molecule has 0 bridgehead atoms. The summed E-state index contributed by atoms with van der Waals surface area (Å²) in [6, 6.07) is 9.53. The molecule has 0 saturated carbocycles. The number of nitrogens with zero attached hydrogens (tertiary/aromatic N) is 1. The molecular weight excluding hydrogens is 305 g/mol. The van der Waals surface area contributed by atoms with Crippen molar-refractivity contribution in [2.24, 2.45) is 0 Å². The van der Waals surface area contributed by atoms with Crippen molar-refractivity contribution in [1.29, 1.82) is 0 Å². The van der Waals surface area contributed by atoms with Crippen LogP contribution >= 0.6 is 23.2 Å². The van der Waals surface area contributed by atoms with Gasteiger partial charge in [0.15, 0.2) is 0 Å². The summed E-state index contributed by atoms with van der Waals surface area (Å²) in [5.74, 6) is 1.54. The predicted molar refractivity (Wildman–Crippen MR) is 88.8 cm³/mol. The SMILES string of the molecule is Cc1ccc(Oc2cc(CCl)cc(C(C)(C)C)n2)c(Cl)c1. The summed E-state index contributed by atoms with van der Waals surface area (Å²) >= 11 is 12.2. The summed E-state index contributed by atoms with van der Waals surface area (Å²) in [6.07, 6.45) is 0. The molecule has 0 spiro atoms. The second-order valence-electron chi connectivity index (χ2n) is 6.12. The fourth-order valence-corrected chi connectivity index (χ4v) is 2.30. The summed E-state index contributed by atoms with van der Waals surface area (Å²) in [4.78, 5) is 4.57. The molecule has 0 aliphatic carbocycles. The molecule has 4 heteroatoms. The number of aromatic nitrogens is 1. The van der Waals surface area contributed by atoms with E-state index >= 15 is 0 Å². The fourth-order valence-electron chi connectivity index (χ4n) is 1.87. The number of aryl methyl sites for hydroxylation is 1. The number of halogens is 2. The van der Waals surface area contributed by atoms with Gasteiger partial charge < -0.3 is 4.74 Å². The summed E-state index contributed by atoms with van der Waals surface area (Å²) < 4.78 is 5.84. The number of rotatable bonds is 3. The lowest BCUT2D eigenvalue weighted by Gasteiger charge is -2.19. The molecule has 0 unspecified atom stereocenters. The first-order chi connectivity index (χ1) is 9.79. The van der Waals surface area contributed by atoms with Gasteiger partial charge in [-0.3, -0.25) is 0 Å². The van der Waals surface area contributed by atoms with Crippen molar-refractivity contribution in [2.45, 2.75) is 39.0 Å². The molecule has 2 rings (SSSR count). The molecule has 2 nitrogen and oxygen atoms in total. The first kappa shape index (κ1) is 16.1. The van der Waals surface area contributed by atoms with Gasteiger partial charge in [-0.1, -0.05) is 38.4 Å². The first-order valence-corrected chi connectivity index (χ1v) is 7.72. The normalized spacial score (nSPS) is 11.5. The molecule has 1 aromatic heterocycles. The van der Waals surface area contributed by atoms with Gasteiger partial charge in [0.2, 0.25) is 5.88 Å². The van der Waals surface area contributed by atoms with E-state index in [0.29, 0.717) is 22.5 Å². The van der Waals surface area contributed by atoms with Crippen LogP contribution in [0.5, 0.6) is 11.6 Å². The lowest BCUT2D eigenvalue weighted by atomic mass is 9.91. The molecule has 0 amide bonds. The van der Waals surface area contributed by atoms with Gasteiger partial charge in [-0.15, -0.1) is 11.6 Å². The smallest absolute Gasteiger partial charge is 0.219 e. The summed E-state index contributed by atoms with van der Waals surface area (Å²) in [5, 5.41) is 0.574. The Bertz CT molecular complexity index is 648. The van der Waals surface area contributed by atoms with Gasteiger partial charge in [0.05, 0.1) is 10.7 Å². The Balaban J connectivity index is 2.39. The highest BCUT2D eigenvalue weighted by atomic mass is 35.5. The van der Waals surface area contributed by atoms with Gasteiger partial charge in [0, 0.05) is 17.4 Å². The number of hydrogen-bond donors (Lipinski definition) is 0. The summed E-state index contributed by atoms with van der Waals surface area (Å²) in [6.45, 7) is 8.31. The van der Waals surface area contributed by atoms with Gasteiger partial charge >= 0.3 is 0 Å². The third kappa shape index (κ3) is 4.12. The van der Waals surface area contributed by atoms with Gasteiger partial charge in [0.1, 0.15) is 5.75 Å². The standard InChI is InChI=1S/C17H19Cl2NO/c1-11-5-6-14(13(19)7-11)21-16-9-12(10-18)8-15(20-16)17(2,3)4/h5-9H,10H2,1-4H3. The third-order valence-corrected chi connectivity index (χ3v) is 3.69. The van der Waals surface area contributed by atoms with Gasteiger partial charge in [-0.05, 0) is 36.2 Å². The van der Waals surface area contributed by atoms with Crippen molar-refractivity contribution in [3.05, 3.63) is 52.2 Å². The van der Waals surface area contributed by atoms with E-state index < -0.39 is 0 Å². The van der Waals surface area contributed by atoms with Gasteiger partial charge in [-0.25, -0.2) is 4.98 Å².